The summed E-state index contributed by atoms with van der Waals surface area (Å²) in [6.07, 6.45) is 5.01. The molecule has 3 rings (SSSR count). The zero-order valence-corrected chi connectivity index (χ0v) is 12.7. The van der Waals surface area contributed by atoms with Crippen LogP contribution in [0.2, 0.25) is 0 Å². The van der Waals surface area contributed by atoms with E-state index < -0.39 is 0 Å². The Labute approximate surface area is 129 Å². The fourth-order valence-electron chi connectivity index (χ4n) is 3.70. The molecule has 1 aliphatic carbocycles. The van der Waals surface area contributed by atoms with Crippen molar-refractivity contribution in [2.45, 2.75) is 38.5 Å². The lowest BCUT2D eigenvalue weighted by molar-refractivity contribution is -0.133. The molecule has 1 N–H and O–H groups in total. The molecule has 0 atom stereocenters. The lowest BCUT2D eigenvalue weighted by Gasteiger charge is -2.37. The van der Waals surface area contributed by atoms with Gasteiger partial charge in [0.15, 0.2) is 0 Å². The Kier molecular flexibility index (Phi) is 3.72. The van der Waals surface area contributed by atoms with Gasteiger partial charge in [0.1, 0.15) is 0 Å². The summed E-state index contributed by atoms with van der Waals surface area (Å²) in [7, 11) is 1.55. The van der Waals surface area contributed by atoms with Crippen LogP contribution in [0.3, 0.4) is 0 Å². The lowest BCUT2D eigenvalue weighted by atomic mass is 9.76. The normalized spacial score (nSPS) is 20.5. The number of amides is 3. The predicted octanol–water partition coefficient (Wildman–Crippen LogP) is 2.26. The minimum absolute atomic E-state index is 0.108. The maximum Gasteiger partial charge on any atom is 0.251 e. The second-order valence-electron chi connectivity index (χ2n) is 6.31. The van der Waals surface area contributed by atoms with E-state index in [9.17, 15) is 14.4 Å². The summed E-state index contributed by atoms with van der Waals surface area (Å²) in [6, 6.07) is 6.66. The van der Waals surface area contributed by atoms with Crippen LogP contribution in [0.5, 0.6) is 0 Å². The van der Waals surface area contributed by atoms with Crippen molar-refractivity contribution in [1.82, 2.24) is 5.32 Å². The zero-order valence-electron chi connectivity index (χ0n) is 12.7. The number of imide groups is 1. The van der Waals surface area contributed by atoms with Gasteiger partial charge in [-0.05, 0) is 36.5 Å². The van der Waals surface area contributed by atoms with E-state index >= 15 is 0 Å². The van der Waals surface area contributed by atoms with E-state index in [2.05, 4.69) is 5.32 Å². The number of anilines is 1. The number of hydrogen-bond donors (Lipinski definition) is 1. The molecular formula is C17H20N2O3. The van der Waals surface area contributed by atoms with E-state index in [1.54, 1.807) is 31.3 Å². The van der Waals surface area contributed by atoms with Crippen molar-refractivity contribution >= 4 is 23.4 Å². The van der Waals surface area contributed by atoms with Gasteiger partial charge >= 0.3 is 0 Å². The molecule has 2 aliphatic rings. The van der Waals surface area contributed by atoms with Crippen molar-refractivity contribution in [3.05, 3.63) is 29.8 Å². The molecule has 1 saturated heterocycles. The smallest absolute Gasteiger partial charge is 0.251 e. The van der Waals surface area contributed by atoms with Gasteiger partial charge in [-0.1, -0.05) is 18.9 Å². The number of hydrogen-bond acceptors (Lipinski definition) is 3. The lowest BCUT2D eigenvalue weighted by Crippen LogP contribution is -2.47. The molecule has 0 unspecified atom stereocenters. The largest absolute Gasteiger partial charge is 0.355 e. The van der Waals surface area contributed by atoms with Crippen LogP contribution in [0.1, 0.15) is 48.9 Å². The summed E-state index contributed by atoms with van der Waals surface area (Å²) in [5, 5.41) is 2.55. The van der Waals surface area contributed by atoms with Gasteiger partial charge in [-0.15, -0.1) is 0 Å². The SMILES string of the molecule is CNC(=O)c1cccc(N2C(=O)CC3(CCCC3)CC2=O)c1. The van der Waals surface area contributed by atoms with Gasteiger partial charge in [0.2, 0.25) is 11.8 Å². The monoisotopic (exact) mass is 300 g/mol. The van der Waals surface area contributed by atoms with E-state index in [0.29, 0.717) is 24.1 Å². The first-order valence-corrected chi connectivity index (χ1v) is 7.73. The predicted molar refractivity (Wildman–Crippen MR) is 82.5 cm³/mol. The van der Waals surface area contributed by atoms with Gasteiger partial charge in [0, 0.05) is 25.5 Å². The van der Waals surface area contributed by atoms with Crippen LogP contribution in [0, 0.1) is 5.41 Å². The van der Waals surface area contributed by atoms with Crippen LogP contribution >= 0.6 is 0 Å². The summed E-state index contributed by atoms with van der Waals surface area (Å²) >= 11 is 0. The first-order valence-electron chi connectivity index (χ1n) is 7.73. The molecule has 0 aromatic heterocycles. The Morgan fingerprint density at radius 2 is 1.77 bits per heavy atom. The number of piperidine rings is 1. The third-order valence-corrected chi connectivity index (χ3v) is 4.81. The summed E-state index contributed by atoms with van der Waals surface area (Å²) in [5.74, 6) is -0.523. The molecule has 1 heterocycles. The topological polar surface area (TPSA) is 66.5 Å². The maximum atomic E-state index is 12.5. The molecule has 0 bridgehead atoms. The Morgan fingerprint density at radius 1 is 1.14 bits per heavy atom. The molecule has 1 saturated carbocycles. The van der Waals surface area contributed by atoms with Crippen LogP contribution in [0.4, 0.5) is 5.69 Å². The fraction of sp³-hybridized carbons (Fsp3) is 0.471. The summed E-state index contributed by atoms with van der Waals surface area (Å²) < 4.78 is 0. The average molecular weight is 300 g/mol. The molecule has 2 fully saturated rings. The summed E-state index contributed by atoms with van der Waals surface area (Å²) in [6.45, 7) is 0. The number of benzene rings is 1. The number of carbonyl (C=O) groups is 3. The summed E-state index contributed by atoms with van der Waals surface area (Å²) in [4.78, 5) is 38.0. The third kappa shape index (κ3) is 2.51. The highest BCUT2D eigenvalue weighted by atomic mass is 16.2. The van der Waals surface area contributed by atoms with Crippen molar-refractivity contribution in [2.75, 3.05) is 11.9 Å². The van der Waals surface area contributed by atoms with E-state index in [1.165, 1.54) is 4.90 Å². The van der Waals surface area contributed by atoms with Crippen LogP contribution in [0.15, 0.2) is 24.3 Å². The molecule has 1 aliphatic heterocycles. The Bertz CT molecular complexity index is 613. The Morgan fingerprint density at radius 3 is 2.36 bits per heavy atom. The second-order valence-corrected chi connectivity index (χ2v) is 6.31. The van der Waals surface area contributed by atoms with Crippen LogP contribution in [0.25, 0.3) is 0 Å². The first kappa shape index (κ1) is 14.8. The minimum Gasteiger partial charge on any atom is -0.355 e. The fourth-order valence-corrected chi connectivity index (χ4v) is 3.70. The van der Waals surface area contributed by atoms with Crippen molar-refractivity contribution in [1.29, 1.82) is 0 Å². The van der Waals surface area contributed by atoms with Crippen LogP contribution in [-0.4, -0.2) is 24.8 Å². The van der Waals surface area contributed by atoms with E-state index in [1.807, 2.05) is 0 Å². The molecular weight excluding hydrogens is 280 g/mol. The molecule has 1 spiro atoms. The van der Waals surface area contributed by atoms with Crippen molar-refractivity contribution in [3.63, 3.8) is 0 Å². The quantitative estimate of drug-likeness (QED) is 0.852. The van der Waals surface area contributed by atoms with E-state index in [4.69, 9.17) is 0 Å². The van der Waals surface area contributed by atoms with Gasteiger partial charge in [-0.2, -0.15) is 0 Å². The highest BCUT2D eigenvalue weighted by Gasteiger charge is 2.45. The highest BCUT2D eigenvalue weighted by Crippen LogP contribution is 2.47. The highest BCUT2D eigenvalue weighted by molar-refractivity contribution is 6.17. The number of nitrogens with zero attached hydrogens (tertiary/aromatic N) is 1. The molecule has 22 heavy (non-hydrogen) atoms. The van der Waals surface area contributed by atoms with Gasteiger partial charge in [-0.25, -0.2) is 0 Å². The van der Waals surface area contributed by atoms with Crippen LogP contribution in [-0.2, 0) is 9.59 Å². The van der Waals surface area contributed by atoms with Crippen LogP contribution < -0.4 is 10.2 Å². The van der Waals surface area contributed by atoms with Gasteiger partial charge < -0.3 is 5.32 Å². The number of carbonyl (C=O) groups excluding carboxylic acids is 3. The molecule has 1 aromatic rings. The average Bonchev–Trinajstić information content (AvgIpc) is 2.93. The first-order chi connectivity index (χ1) is 10.5. The molecule has 5 heteroatoms. The van der Waals surface area contributed by atoms with E-state index in [-0.39, 0.29) is 23.1 Å². The minimum atomic E-state index is -0.231. The maximum absolute atomic E-state index is 12.5. The van der Waals surface area contributed by atoms with Gasteiger partial charge in [0.05, 0.1) is 5.69 Å². The summed E-state index contributed by atoms with van der Waals surface area (Å²) in [5.41, 5.74) is 0.828. The van der Waals surface area contributed by atoms with Crippen molar-refractivity contribution in [3.8, 4) is 0 Å². The molecule has 116 valence electrons. The molecule has 1 aromatic carbocycles. The van der Waals surface area contributed by atoms with Crippen molar-refractivity contribution in [2.24, 2.45) is 5.41 Å². The second kappa shape index (κ2) is 5.55. The number of rotatable bonds is 2. The Balaban J connectivity index is 1.87. The molecule has 3 amide bonds. The van der Waals surface area contributed by atoms with Crippen molar-refractivity contribution < 1.29 is 14.4 Å². The zero-order chi connectivity index (χ0) is 15.7. The third-order valence-electron chi connectivity index (χ3n) is 4.81. The van der Waals surface area contributed by atoms with E-state index in [0.717, 1.165) is 25.7 Å². The molecule has 0 radical (unpaired) electrons. The molecule has 5 nitrogen and oxygen atoms in total. The Hall–Kier alpha value is -2.17. The standard InChI is InChI=1S/C17H20N2O3/c1-18-16(22)12-5-4-6-13(9-12)19-14(20)10-17(11-15(19)21)7-2-3-8-17/h4-6,9H,2-3,7-8,10-11H2,1H3,(H,18,22). The van der Waals surface area contributed by atoms with Gasteiger partial charge in [0.25, 0.3) is 5.91 Å². The van der Waals surface area contributed by atoms with Gasteiger partial charge in [-0.3, -0.25) is 19.3 Å². The number of nitrogens with one attached hydrogen (secondary N) is 1.